The van der Waals surface area contributed by atoms with E-state index in [1.54, 1.807) is 25.5 Å². The largest absolute Gasteiger partial charge is 0.371 e. The number of halogens is 1. The van der Waals surface area contributed by atoms with Crippen molar-refractivity contribution in [2.45, 2.75) is 77.7 Å². The van der Waals surface area contributed by atoms with E-state index in [4.69, 9.17) is 25.8 Å². The van der Waals surface area contributed by atoms with Crippen molar-refractivity contribution in [3.05, 3.63) is 49.0 Å². The van der Waals surface area contributed by atoms with Crippen molar-refractivity contribution in [1.82, 2.24) is 24.6 Å². The maximum atomic E-state index is 12.5. The van der Waals surface area contributed by atoms with Crippen LogP contribution < -0.4 is 16.6 Å². The summed E-state index contributed by atoms with van der Waals surface area (Å²) in [6, 6.07) is -0.488. The molecular formula is C22H30ClN5O6. The Hall–Kier alpha value is -2.47. The van der Waals surface area contributed by atoms with Crippen LogP contribution in [0, 0.1) is 20.8 Å². The predicted molar refractivity (Wildman–Crippen MR) is 123 cm³/mol. The molecule has 2 aromatic rings. The van der Waals surface area contributed by atoms with Gasteiger partial charge in [0, 0.05) is 24.7 Å². The van der Waals surface area contributed by atoms with E-state index in [1.807, 2.05) is 13.8 Å². The lowest BCUT2D eigenvalue weighted by Gasteiger charge is -2.37. The minimum atomic E-state index is -0.890. The molecule has 0 spiro atoms. The SMILES string of the molecule is Cc1nn(CCC(=O)NC[C@H]2OC[C@@H](n3cc(C)c(=O)[nH]c3=O)[C@@H]3OC(C)(C)O[C@@H]32)c(C)c1Cl. The Labute approximate surface area is 201 Å². The number of aromatic nitrogens is 4. The summed E-state index contributed by atoms with van der Waals surface area (Å²) in [5.74, 6) is -1.05. The fourth-order valence-electron chi connectivity index (χ4n) is 4.46. The van der Waals surface area contributed by atoms with E-state index >= 15 is 0 Å². The van der Waals surface area contributed by atoms with Crippen LogP contribution in [0.25, 0.3) is 0 Å². The van der Waals surface area contributed by atoms with Crippen LogP contribution >= 0.6 is 11.6 Å². The number of nitrogens with zero attached hydrogens (tertiary/aromatic N) is 3. The molecule has 2 fully saturated rings. The minimum Gasteiger partial charge on any atom is -0.371 e. The number of aromatic amines is 1. The fourth-order valence-corrected chi connectivity index (χ4v) is 4.60. The molecule has 0 radical (unpaired) electrons. The van der Waals surface area contributed by atoms with Crippen LogP contribution in [-0.4, -0.2) is 62.5 Å². The van der Waals surface area contributed by atoms with Crippen molar-refractivity contribution in [3.63, 3.8) is 0 Å². The van der Waals surface area contributed by atoms with Crippen molar-refractivity contribution >= 4 is 17.5 Å². The van der Waals surface area contributed by atoms with Gasteiger partial charge in [0.15, 0.2) is 5.79 Å². The quantitative estimate of drug-likeness (QED) is 0.611. The number of ether oxygens (including phenoxy) is 3. The number of hydrogen-bond acceptors (Lipinski definition) is 7. The maximum Gasteiger partial charge on any atom is 0.328 e. The minimum absolute atomic E-state index is 0.156. The molecular weight excluding hydrogens is 466 g/mol. The Kier molecular flexibility index (Phi) is 6.74. The van der Waals surface area contributed by atoms with Crippen LogP contribution in [0.15, 0.2) is 15.8 Å². The van der Waals surface area contributed by atoms with Crippen LogP contribution in [-0.2, 0) is 25.5 Å². The second-order valence-electron chi connectivity index (χ2n) is 9.24. The normalized spacial score (nSPS) is 25.8. The number of H-pyrrole nitrogens is 1. The molecule has 186 valence electrons. The summed E-state index contributed by atoms with van der Waals surface area (Å²) in [7, 11) is 0. The highest BCUT2D eigenvalue weighted by Crippen LogP contribution is 2.39. The first-order chi connectivity index (χ1) is 16.0. The topological polar surface area (TPSA) is 129 Å². The average Bonchev–Trinajstić information content (AvgIpc) is 3.23. The number of carbonyl (C=O) groups excluding carboxylic acids is 1. The third-order valence-electron chi connectivity index (χ3n) is 6.24. The molecule has 2 aliphatic rings. The smallest absolute Gasteiger partial charge is 0.328 e. The van der Waals surface area contributed by atoms with Crippen molar-refractivity contribution < 1.29 is 19.0 Å². The van der Waals surface area contributed by atoms with E-state index in [9.17, 15) is 14.4 Å². The third-order valence-corrected chi connectivity index (χ3v) is 6.78. The van der Waals surface area contributed by atoms with Gasteiger partial charge in [0.1, 0.15) is 18.3 Å². The molecule has 0 saturated carbocycles. The van der Waals surface area contributed by atoms with Gasteiger partial charge in [-0.05, 0) is 34.6 Å². The summed E-state index contributed by atoms with van der Waals surface area (Å²) in [6.07, 6.45) is 0.272. The van der Waals surface area contributed by atoms with Crippen LogP contribution in [0.4, 0.5) is 0 Å². The highest BCUT2D eigenvalue weighted by Gasteiger charge is 2.52. The van der Waals surface area contributed by atoms with Gasteiger partial charge in [0.2, 0.25) is 5.91 Å². The van der Waals surface area contributed by atoms with Gasteiger partial charge in [-0.15, -0.1) is 0 Å². The highest BCUT2D eigenvalue weighted by atomic mass is 35.5. The van der Waals surface area contributed by atoms with Gasteiger partial charge in [-0.25, -0.2) is 4.79 Å². The van der Waals surface area contributed by atoms with Gasteiger partial charge in [-0.1, -0.05) is 11.6 Å². The first-order valence-corrected chi connectivity index (χ1v) is 11.6. The van der Waals surface area contributed by atoms with E-state index in [1.165, 1.54) is 10.8 Å². The van der Waals surface area contributed by atoms with Gasteiger partial charge in [-0.3, -0.25) is 23.8 Å². The third kappa shape index (κ3) is 4.83. The summed E-state index contributed by atoms with van der Waals surface area (Å²) < 4.78 is 21.4. The number of nitrogens with one attached hydrogen (secondary N) is 2. The van der Waals surface area contributed by atoms with Crippen molar-refractivity contribution in [2.75, 3.05) is 13.2 Å². The Bertz CT molecular complexity index is 1200. The Balaban J connectivity index is 1.42. The van der Waals surface area contributed by atoms with Crippen molar-refractivity contribution in [3.8, 4) is 0 Å². The van der Waals surface area contributed by atoms with E-state index < -0.39 is 41.4 Å². The number of hydrogen-bond donors (Lipinski definition) is 2. The maximum absolute atomic E-state index is 12.5. The van der Waals surface area contributed by atoms with Crippen LogP contribution in [0.3, 0.4) is 0 Å². The van der Waals surface area contributed by atoms with Gasteiger partial charge < -0.3 is 19.5 Å². The molecule has 1 amide bonds. The molecule has 0 aliphatic carbocycles. The Morgan fingerprint density at radius 1 is 1.26 bits per heavy atom. The molecule has 2 aliphatic heterocycles. The Morgan fingerprint density at radius 2 is 1.97 bits per heavy atom. The number of fused-ring (bicyclic) bond motifs is 1. The van der Waals surface area contributed by atoms with Gasteiger partial charge >= 0.3 is 5.69 Å². The second kappa shape index (κ2) is 9.29. The number of aryl methyl sites for hydroxylation is 3. The molecule has 11 nitrogen and oxygen atoms in total. The lowest BCUT2D eigenvalue weighted by atomic mass is 9.97. The molecule has 34 heavy (non-hydrogen) atoms. The summed E-state index contributed by atoms with van der Waals surface area (Å²) in [5, 5.41) is 7.84. The zero-order chi connectivity index (χ0) is 24.8. The molecule has 2 N–H and O–H groups in total. The summed E-state index contributed by atoms with van der Waals surface area (Å²) in [5.41, 5.74) is 0.998. The van der Waals surface area contributed by atoms with E-state index in [2.05, 4.69) is 15.4 Å². The van der Waals surface area contributed by atoms with Crippen molar-refractivity contribution in [1.29, 1.82) is 0 Å². The molecule has 4 heterocycles. The van der Waals surface area contributed by atoms with Crippen LogP contribution in [0.5, 0.6) is 0 Å². The Morgan fingerprint density at radius 3 is 2.65 bits per heavy atom. The zero-order valence-corrected chi connectivity index (χ0v) is 20.6. The zero-order valence-electron chi connectivity index (χ0n) is 19.9. The first kappa shape index (κ1) is 24.6. The molecule has 2 saturated heterocycles. The standard InChI is InChI=1S/C22H30ClN5O6/c1-11-9-27(21(31)25-20(11)30)14-10-32-15(19-18(14)33-22(4,5)34-19)8-24-16(29)6-7-28-13(3)17(23)12(2)26-28/h9,14-15,18-19H,6-8,10H2,1-5H3,(H,24,29)(H,25,30,31)/t14-,15-,18+,19-/m1/s1. The molecule has 0 aromatic carbocycles. The number of rotatable bonds is 6. The van der Waals surface area contributed by atoms with Crippen LogP contribution in [0.1, 0.15) is 43.3 Å². The van der Waals surface area contributed by atoms with Crippen molar-refractivity contribution in [2.24, 2.45) is 0 Å². The molecule has 0 unspecified atom stereocenters. The first-order valence-electron chi connectivity index (χ1n) is 11.2. The highest BCUT2D eigenvalue weighted by molar-refractivity contribution is 6.31. The van der Waals surface area contributed by atoms with E-state index in [0.717, 1.165) is 11.4 Å². The lowest BCUT2D eigenvalue weighted by molar-refractivity contribution is -0.153. The number of amides is 1. The van der Waals surface area contributed by atoms with Gasteiger partial charge in [0.05, 0.1) is 35.6 Å². The molecule has 2 aromatic heterocycles. The second-order valence-corrected chi connectivity index (χ2v) is 9.62. The van der Waals surface area contributed by atoms with E-state index in [-0.39, 0.29) is 25.5 Å². The van der Waals surface area contributed by atoms with Gasteiger partial charge in [-0.2, -0.15) is 5.10 Å². The molecule has 4 rings (SSSR count). The van der Waals surface area contributed by atoms with E-state index in [0.29, 0.717) is 17.1 Å². The summed E-state index contributed by atoms with van der Waals surface area (Å²) in [4.78, 5) is 39.0. The summed E-state index contributed by atoms with van der Waals surface area (Å²) in [6.45, 7) is 9.69. The molecule has 12 heteroatoms. The predicted octanol–water partition coefficient (Wildman–Crippen LogP) is 0.978. The van der Waals surface area contributed by atoms with Crippen LogP contribution in [0.2, 0.25) is 5.02 Å². The summed E-state index contributed by atoms with van der Waals surface area (Å²) >= 11 is 6.17. The fraction of sp³-hybridized carbons (Fsp3) is 0.636. The molecule has 4 atom stereocenters. The lowest BCUT2D eigenvalue weighted by Crippen LogP contribution is -2.54. The number of carbonyl (C=O) groups is 1. The monoisotopic (exact) mass is 495 g/mol. The molecule has 0 bridgehead atoms. The van der Waals surface area contributed by atoms with Gasteiger partial charge in [0.25, 0.3) is 5.56 Å². The average molecular weight is 496 g/mol.